The Balaban J connectivity index is 1.78. The maximum Gasteiger partial charge on any atom is 0.340 e. The zero-order valence-corrected chi connectivity index (χ0v) is 13.4. The number of rotatable bonds is 3. The molecule has 1 aromatic carbocycles. The van der Waals surface area contributed by atoms with Gasteiger partial charge in [0, 0.05) is 12.8 Å². The van der Waals surface area contributed by atoms with Gasteiger partial charge in [0.15, 0.2) is 11.9 Å². The maximum atomic E-state index is 14.0. The summed E-state index contributed by atoms with van der Waals surface area (Å²) in [6.07, 6.45) is -3.54. The first-order valence-electron chi connectivity index (χ1n) is 7.17. The molecule has 0 unspecified atom stereocenters. The van der Waals surface area contributed by atoms with E-state index in [4.69, 9.17) is 14.6 Å². The Labute approximate surface area is 139 Å². The Bertz CT molecular complexity index is 807. The molecular formula is C15H14FNO6S. The van der Waals surface area contributed by atoms with Crippen molar-refractivity contribution in [3.63, 3.8) is 0 Å². The number of aryl methyl sites for hydroxylation is 1. The third-order valence-electron chi connectivity index (χ3n) is 3.57. The SMILES string of the molecule is Cc1nc2c(F)cc(C(=O)O[C@H]3C[C@@H](O)C[C@@H](C(=O)O)O3)cc2s1. The van der Waals surface area contributed by atoms with Crippen LogP contribution in [0.4, 0.5) is 4.39 Å². The number of carbonyl (C=O) groups is 2. The molecule has 3 rings (SSSR count). The number of carboxylic acids is 1. The Hall–Kier alpha value is -2.10. The number of aliphatic carboxylic acids is 1. The molecule has 1 saturated heterocycles. The largest absolute Gasteiger partial charge is 0.479 e. The molecule has 24 heavy (non-hydrogen) atoms. The highest BCUT2D eigenvalue weighted by Gasteiger charge is 2.35. The number of fused-ring (bicyclic) bond motifs is 1. The number of hydrogen-bond acceptors (Lipinski definition) is 7. The second kappa shape index (κ2) is 6.42. The van der Waals surface area contributed by atoms with Crippen LogP contribution < -0.4 is 0 Å². The van der Waals surface area contributed by atoms with Gasteiger partial charge in [-0.15, -0.1) is 11.3 Å². The van der Waals surface area contributed by atoms with Gasteiger partial charge < -0.3 is 19.7 Å². The third kappa shape index (κ3) is 3.37. The van der Waals surface area contributed by atoms with Crippen LogP contribution in [0.2, 0.25) is 0 Å². The Kier molecular flexibility index (Phi) is 4.48. The summed E-state index contributed by atoms with van der Waals surface area (Å²) in [7, 11) is 0. The maximum absolute atomic E-state index is 14.0. The van der Waals surface area contributed by atoms with Crippen LogP contribution >= 0.6 is 11.3 Å². The minimum Gasteiger partial charge on any atom is -0.479 e. The van der Waals surface area contributed by atoms with Crippen LogP contribution in [0.3, 0.4) is 0 Å². The van der Waals surface area contributed by atoms with Gasteiger partial charge in [0.1, 0.15) is 5.52 Å². The molecule has 0 spiro atoms. The summed E-state index contributed by atoms with van der Waals surface area (Å²) < 4.78 is 24.7. The van der Waals surface area contributed by atoms with Gasteiger partial charge in [-0.05, 0) is 19.1 Å². The number of aliphatic hydroxyl groups is 1. The molecule has 1 aromatic heterocycles. The van der Waals surface area contributed by atoms with E-state index in [2.05, 4.69) is 4.98 Å². The molecule has 0 bridgehead atoms. The van der Waals surface area contributed by atoms with E-state index < -0.39 is 36.3 Å². The molecule has 0 saturated carbocycles. The molecule has 0 radical (unpaired) electrons. The highest BCUT2D eigenvalue weighted by Crippen LogP contribution is 2.27. The molecule has 2 heterocycles. The number of halogens is 1. The summed E-state index contributed by atoms with van der Waals surface area (Å²) in [5.74, 6) is -2.75. The number of esters is 1. The molecule has 128 valence electrons. The van der Waals surface area contributed by atoms with E-state index in [1.807, 2.05) is 0 Å². The van der Waals surface area contributed by atoms with Crippen molar-refractivity contribution in [3.8, 4) is 0 Å². The van der Waals surface area contributed by atoms with Crippen LogP contribution in [0.15, 0.2) is 12.1 Å². The number of hydrogen-bond donors (Lipinski definition) is 2. The third-order valence-corrected chi connectivity index (χ3v) is 4.49. The van der Waals surface area contributed by atoms with Crippen molar-refractivity contribution in [1.82, 2.24) is 4.98 Å². The summed E-state index contributed by atoms with van der Waals surface area (Å²) in [5, 5.41) is 19.3. The normalized spacial score (nSPS) is 24.0. The highest BCUT2D eigenvalue weighted by molar-refractivity contribution is 7.18. The van der Waals surface area contributed by atoms with Crippen LogP contribution in [0.5, 0.6) is 0 Å². The van der Waals surface area contributed by atoms with Crippen molar-refractivity contribution < 1.29 is 33.7 Å². The molecule has 1 aliphatic heterocycles. The molecule has 2 aromatic rings. The number of benzene rings is 1. The van der Waals surface area contributed by atoms with Crippen molar-refractivity contribution >= 4 is 33.5 Å². The van der Waals surface area contributed by atoms with Crippen molar-refractivity contribution in [1.29, 1.82) is 0 Å². The van der Waals surface area contributed by atoms with Crippen LogP contribution in [0.25, 0.3) is 10.2 Å². The topological polar surface area (TPSA) is 106 Å². The lowest BCUT2D eigenvalue weighted by Gasteiger charge is -2.30. The summed E-state index contributed by atoms with van der Waals surface area (Å²) in [6.45, 7) is 1.73. The zero-order valence-electron chi connectivity index (χ0n) is 12.6. The van der Waals surface area contributed by atoms with Gasteiger partial charge in [-0.1, -0.05) is 0 Å². The molecule has 1 aliphatic rings. The van der Waals surface area contributed by atoms with Crippen molar-refractivity contribution in [2.45, 2.75) is 38.3 Å². The summed E-state index contributed by atoms with van der Waals surface area (Å²) >= 11 is 1.24. The van der Waals surface area contributed by atoms with E-state index in [1.165, 1.54) is 17.4 Å². The Morgan fingerprint density at radius 3 is 2.88 bits per heavy atom. The van der Waals surface area contributed by atoms with E-state index in [1.54, 1.807) is 6.92 Å². The van der Waals surface area contributed by atoms with E-state index in [0.29, 0.717) is 9.71 Å². The van der Waals surface area contributed by atoms with Gasteiger partial charge in [-0.3, -0.25) is 0 Å². The van der Waals surface area contributed by atoms with Gasteiger partial charge in [0.25, 0.3) is 0 Å². The molecule has 7 nitrogen and oxygen atoms in total. The number of aromatic nitrogens is 1. The van der Waals surface area contributed by atoms with E-state index in [9.17, 15) is 19.1 Å². The fraction of sp³-hybridized carbons (Fsp3) is 0.400. The smallest absolute Gasteiger partial charge is 0.340 e. The molecular weight excluding hydrogens is 341 g/mol. The fourth-order valence-corrected chi connectivity index (χ4v) is 3.38. The Morgan fingerprint density at radius 1 is 1.42 bits per heavy atom. The van der Waals surface area contributed by atoms with Crippen LogP contribution in [-0.4, -0.2) is 45.6 Å². The number of aliphatic hydroxyl groups excluding tert-OH is 1. The average Bonchev–Trinajstić information content (AvgIpc) is 2.87. The second-order valence-corrected chi connectivity index (χ2v) is 6.70. The minimum atomic E-state index is -1.25. The highest BCUT2D eigenvalue weighted by atomic mass is 32.1. The molecule has 0 aliphatic carbocycles. The molecule has 0 amide bonds. The predicted octanol–water partition coefficient (Wildman–Crippen LogP) is 1.85. The van der Waals surface area contributed by atoms with Crippen molar-refractivity contribution in [2.75, 3.05) is 0 Å². The minimum absolute atomic E-state index is 0.0285. The first-order valence-corrected chi connectivity index (χ1v) is 7.99. The number of nitrogens with zero attached hydrogens (tertiary/aromatic N) is 1. The van der Waals surface area contributed by atoms with Gasteiger partial charge in [0.2, 0.25) is 6.29 Å². The van der Waals surface area contributed by atoms with Crippen LogP contribution in [0.1, 0.15) is 28.2 Å². The Morgan fingerprint density at radius 2 is 2.17 bits per heavy atom. The first kappa shape index (κ1) is 16.7. The van der Waals surface area contributed by atoms with Crippen molar-refractivity contribution in [3.05, 3.63) is 28.5 Å². The number of carbonyl (C=O) groups excluding carboxylic acids is 1. The van der Waals surface area contributed by atoms with Crippen LogP contribution in [0, 0.1) is 12.7 Å². The van der Waals surface area contributed by atoms with Crippen LogP contribution in [-0.2, 0) is 14.3 Å². The quantitative estimate of drug-likeness (QED) is 0.809. The van der Waals surface area contributed by atoms with Crippen molar-refractivity contribution in [2.24, 2.45) is 0 Å². The lowest BCUT2D eigenvalue weighted by molar-refractivity contribution is -0.204. The van der Waals surface area contributed by atoms with Gasteiger partial charge in [-0.25, -0.2) is 19.0 Å². The average molecular weight is 355 g/mol. The van der Waals surface area contributed by atoms with Gasteiger partial charge in [-0.2, -0.15) is 0 Å². The lowest BCUT2D eigenvalue weighted by atomic mass is 10.1. The molecule has 1 fully saturated rings. The fourth-order valence-electron chi connectivity index (χ4n) is 2.50. The lowest BCUT2D eigenvalue weighted by Crippen LogP contribution is -2.41. The first-order chi connectivity index (χ1) is 11.3. The monoisotopic (exact) mass is 355 g/mol. The summed E-state index contributed by atoms with van der Waals surface area (Å²) in [5.41, 5.74) is 0.156. The number of carboxylic acid groups (broad SMARTS) is 1. The van der Waals surface area contributed by atoms with Gasteiger partial charge in [0.05, 0.1) is 21.4 Å². The number of ether oxygens (including phenoxy) is 2. The van der Waals surface area contributed by atoms with E-state index >= 15 is 0 Å². The zero-order chi connectivity index (χ0) is 17.4. The molecule has 2 N–H and O–H groups in total. The van der Waals surface area contributed by atoms with E-state index in [-0.39, 0.29) is 23.9 Å². The number of thiazole rings is 1. The van der Waals surface area contributed by atoms with E-state index in [0.717, 1.165) is 6.07 Å². The summed E-state index contributed by atoms with van der Waals surface area (Å²) in [6, 6.07) is 2.47. The predicted molar refractivity (Wildman–Crippen MR) is 81.3 cm³/mol. The standard InChI is InChI=1S/C15H14FNO6S/c1-6-17-13-9(16)2-7(3-11(13)24-6)15(21)23-12-5-8(18)4-10(22-12)14(19)20/h2-3,8,10,12,18H,4-5H2,1H3,(H,19,20)/t8-,10-,12-/m0/s1. The van der Waals surface area contributed by atoms with Gasteiger partial charge >= 0.3 is 11.9 Å². The second-order valence-electron chi connectivity index (χ2n) is 5.46. The molecule has 3 atom stereocenters. The molecule has 9 heteroatoms. The summed E-state index contributed by atoms with van der Waals surface area (Å²) in [4.78, 5) is 27.2.